The predicted octanol–water partition coefficient (Wildman–Crippen LogP) is -0.171. The Kier molecular flexibility index (Phi) is 6.83. The highest BCUT2D eigenvalue weighted by Gasteiger charge is 2.20. The van der Waals surface area contributed by atoms with Crippen LogP contribution >= 0.6 is 15.9 Å². The molecule has 7 nitrogen and oxygen atoms in total. The van der Waals surface area contributed by atoms with E-state index in [9.17, 15) is 14.4 Å². The molecule has 0 aliphatic heterocycles. The summed E-state index contributed by atoms with van der Waals surface area (Å²) in [6.07, 6.45) is 0. The topological polar surface area (TPSA) is 105 Å². The Morgan fingerprint density at radius 3 is 2.57 bits per heavy atom. The number of amides is 2. The van der Waals surface area contributed by atoms with E-state index in [2.05, 4.69) is 31.3 Å². The molecule has 0 aliphatic carbocycles. The first-order chi connectivity index (χ1) is 9.99. The molecule has 0 saturated carbocycles. The standard InChI is InChI=1S/C13H15BrN2O5/c1-21-13(20)10(7-17)16-11(18)6-15-12(19)8-4-2-3-5-9(8)14/h2-5,10,17H,6-7H2,1H3,(H,15,19)(H,16,18). The third kappa shape index (κ3) is 5.16. The Labute approximate surface area is 129 Å². The van der Waals surface area contributed by atoms with Crippen molar-refractivity contribution in [1.82, 2.24) is 10.6 Å². The van der Waals surface area contributed by atoms with Crippen molar-refractivity contribution in [1.29, 1.82) is 0 Å². The molecule has 8 heteroatoms. The largest absolute Gasteiger partial charge is 0.467 e. The van der Waals surface area contributed by atoms with Gasteiger partial charge in [0.15, 0.2) is 6.04 Å². The van der Waals surface area contributed by atoms with Crippen molar-refractivity contribution in [2.24, 2.45) is 0 Å². The molecule has 2 amide bonds. The number of hydrogen-bond acceptors (Lipinski definition) is 5. The number of carbonyl (C=O) groups excluding carboxylic acids is 3. The second-order valence-corrected chi connectivity index (χ2v) is 4.84. The summed E-state index contributed by atoms with van der Waals surface area (Å²) < 4.78 is 5.01. The van der Waals surface area contributed by atoms with Crippen molar-refractivity contribution in [3.05, 3.63) is 34.3 Å². The van der Waals surface area contributed by atoms with Crippen molar-refractivity contribution in [2.45, 2.75) is 6.04 Å². The average molecular weight is 359 g/mol. The molecule has 114 valence electrons. The van der Waals surface area contributed by atoms with Gasteiger partial charge in [0.25, 0.3) is 5.91 Å². The van der Waals surface area contributed by atoms with Crippen LogP contribution in [0.5, 0.6) is 0 Å². The molecule has 3 N–H and O–H groups in total. The molecular formula is C13H15BrN2O5. The minimum atomic E-state index is -1.15. The minimum Gasteiger partial charge on any atom is -0.467 e. The zero-order valence-corrected chi connectivity index (χ0v) is 12.8. The fraction of sp³-hybridized carbons (Fsp3) is 0.308. The van der Waals surface area contributed by atoms with E-state index >= 15 is 0 Å². The lowest BCUT2D eigenvalue weighted by Crippen LogP contribution is -2.47. The molecule has 1 aromatic rings. The second-order valence-electron chi connectivity index (χ2n) is 3.99. The van der Waals surface area contributed by atoms with E-state index < -0.39 is 30.4 Å². The number of methoxy groups -OCH3 is 1. The number of aliphatic hydroxyl groups excluding tert-OH is 1. The van der Waals surface area contributed by atoms with E-state index in [1.54, 1.807) is 24.3 Å². The second kappa shape index (κ2) is 8.38. The zero-order valence-electron chi connectivity index (χ0n) is 11.3. The van der Waals surface area contributed by atoms with Crippen LogP contribution in [0, 0.1) is 0 Å². The number of carbonyl (C=O) groups is 3. The van der Waals surface area contributed by atoms with E-state index in [0.717, 1.165) is 7.11 Å². The van der Waals surface area contributed by atoms with Gasteiger partial charge in [0.05, 0.1) is 25.8 Å². The van der Waals surface area contributed by atoms with Crippen LogP contribution in [0.4, 0.5) is 0 Å². The van der Waals surface area contributed by atoms with Crippen LogP contribution in [0.15, 0.2) is 28.7 Å². The number of rotatable bonds is 6. The molecule has 0 aliphatic rings. The highest BCUT2D eigenvalue weighted by Crippen LogP contribution is 2.15. The van der Waals surface area contributed by atoms with Gasteiger partial charge in [0.2, 0.25) is 5.91 Å². The summed E-state index contributed by atoms with van der Waals surface area (Å²) in [7, 11) is 1.14. The maximum absolute atomic E-state index is 11.9. The number of halogens is 1. The molecule has 0 radical (unpaired) electrons. The van der Waals surface area contributed by atoms with Crippen molar-refractivity contribution in [3.63, 3.8) is 0 Å². The van der Waals surface area contributed by atoms with Crippen LogP contribution in [0.25, 0.3) is 0 Å². The third-order valence-electron chi connectivity index (χ3n) is 2.53. The number of esters is 1. The summed E-state index contributed by atoms with van der Waals surface area (Å²) in [5.74, 6) is -1.81. The van der Waals surface area contributed by atoms with E-state index in [0.29, 0.717) is 10.0 Å². The zero-order chi connectivity index (χ0) is 15.8. The minimum absolute atomic E-state index is 0.326. The first-order valence-electron chi connectivity index (χ1n) is 6.00. The Bertz CT molecular complexity index is 535. The highest BCUT2D eigenvalue weighted by atomic mass is 79.9. The normalized spacial score (nSPS) is 11.4. The molecule has 0 aromatic heterocycles. The molecule has 0 fully saturated rings. The van der Waals surface area contributed by atoms with Gasteiger partial charge in [0, 0.05) is 4.47 Å². The van der Waals surface area contributed by atoms with Gasteiger partial charge in [0.1, 0.15) is 0 Å². The van der Waals surface area contributed by atoms with Gasteiger partial charge in [-0.25, -0.2) is 4.79 Å². The molecular weight excluding hydrogens is 344 g/mol. The highest BCUT2D eigenvalue weighted by molar-refractivity contribution is 9.10. The van der Waals surface area contributed by atoms with Crippen LogP contribution in [0.2, 0.25) is 0 Å². The van der Waals surface area contributed by atoms with Crippen LogP contribution in [0.3, 0.4) is 0 Å². The average Bonchev–Trinajstić information content (AvgIpc) is 2.49. The number of benzene rings is 1. The summed E-state index contributed by atoms with van der Waals surface area (Å²) in [6.45, 7) is -0.912. The van der Waals surface area contributed by atoms with Gasteiger partial charge in [-0.05, 0) is 28.1 Å². The smallest absolute Gasteiger partial charge is 0.330 e. The van der Waals surface area contributed by atoms with Crippen molar-refractivity contribution in [2.75, 3.05) is 20.3 Å². The Hall–Kier alpha value is -1.93. The maximum atomic E-state index is 11.9. The number of hydrogen-bond donors (Lipinski definition) is 3. The van der Waals surface area contributed by atoms with E-state index in [1.165, 1.54) is 0 Å². The van der Waals surface area contributed by atoms with Crippen LogP contribution in [0.1, 0.15) is 10.4 Å². The lowest BCUT2D eigenvalue weighted by atomic mass is 10.2. The van der Waals surface area contributed by atoms with E-state index in [1.807, 2.05) is 0 Å². The van der Waals surface area contributed by atoms with E-state index in [4.69, 9.17) is 5.11 Å². The van der Waals surface area contributed by atoms with Crippen LogP contribution in [-0.2, 0) is 14.3 Å². The van der Waals surface area contributed by atoms with Crippen LogP contribution < -0.4 is 10.6 Å². The van der Waals surface area contributed by atoms with Crippen molar-refractivity contribution in [3.8, 4) is 0 Å². The molecule has 1 rings (SSSR count). The molecule has 21 heavy (non-hydrogen) atoms. The molecule has 0 bridgehead atoms. The van der Waals surface area contributed by atoms with Gasteiger partial charge < -0.3 is 20.5 Å². The fourth-order valence-electron chi connectivity index (χ4n) is 1.47. The molecule has 0 spiro atoms. The maximum Gasteiger partial charge on any atom is 0.330 e. The van der Waals surface area contributed by atoms with Gasteiger partial charge in [-0.1, -0.05) is 12.1 Å². The van der Waals surface area contributed by atoms with Crippen LogP contribution in [-0.4, -0.2) is 49.2 Å². The molecule has 1 unspecified atom stereocenters. The number of ether oxygens (including phenoxy) is 1. The Balaban J connectivity index is 2.51. The molecule has 0 heterocycles. The van der Waals surface area contributed by atoms with Gasteiger partial charge in [-0.3, -0.25) is 9.59 Å². The lowest BCUT2D eigenvalue weighted by Gasteiger charge is -2.14. The quantitative estimate of drug-likeness (QED) is 0.612. The Morgan fingerprint density at radius 2 is 2.00 bits per heavy atom. The summed E-state index contributed by atoms with van der Waals surface area (Å²) in [5, 5.41) is 13.6. The summed E-state index contributed by atoms with van der Waals surface area (Å²) in [5.41, 5.74) is 0.386. The molecule has 1 aromatic carbocycles. The van der Waals surface area contributed by atoms with Crippen molar-refractivity contribution < 1.29 is 24.2 Å². The first kappa shape index (κ1) is 17.1. The number of nitrogens with one attached hydrogen (secondary N) is 2. The SMILES string of the molecule is COC(=O)C(CO)NC(=O)CNC(=O)c1ccccc1Br. The molecule has 1 atom stereocenters. The summed E-state index contributed by atoms with van der Waals surface area (Å²) in [6, 6.07) is 5.60. The summed E-state index contributed by atoms with van der Waals surface area (Å²) in [4.78, 5) is 34.6. The first-order valence-corrected chi connectivity index (χ1v) is 6.79. The van der Waals surface area contributed by atoms with Crippen molar-refractivity contribution >= 4 is 33.7 Å². The summed E-state index contributed by atoms with van der Waals surface area (Å²) >= 11 is 3.23. The van der Waals surface area contributed by atoms with Gasteiger partial charge in [-0.15, -0.1) is 0 Å². The van der Waals surface area contributed by atoms with E-state index in [-0.39, 0.29) is 6.54 Å². The third-order valence-corrected chi connectivity index (χ3v) is 3.22. The number of aliphatic hydroxyl groups is 1. The predicted molar refractivity (Wildman–Crippen MR) is 77.5 cm³/mol. The monoisotopic (exact) mass is 358 g/mol. The molecule has 0 saturated heterocycles. The fourth-order valence-corrected chi connectivity index (χ4v) is 1.93. The lowest BCUT2D eigenvalue weighted by molar-refractivity contribution is -0.146. The Morgan fingerprint density at radius 1 is 1.33 bits per heavy atom. The van der Waals surface area contributed by atoms with Gasteiger partial charge >= 0.3 is 5.97 Å². The van der Waals surface area contributed by atoms with Gasteiger partial charge in [-0.2, -0.15) is 0 Å².